The summed E-state index contributed by atoms with van der Waals surface area (Å²) in [6, 6.07) is 0.492. The van der Waals surface area contributed by atoms with E-state index in [0.717, 1.165) is 38.6 Å². The van der Waals surface area contributed by atoms with Crippen molar-refractivity contribution < 1.29 is 4.79 Å². The van der Waals surface area contributed by atoms with Gasteiger partial charge in [-0.3, -0.25) is 4.79 Å². The highest BCUT2D eigenvalue weighted by molar-refractivity contribution is 5.76. The van der Waals surface area contributed by atoms with E-state index in [1.165, 1.54) is 25.7 Å². The van der Waals surface area contributed by atoms with Crippen molar-refractivity contribution in [3.63, 3.8) is 0 Å². The molecule has 0 aromatic heterocycles. The van der Waals surface area contributed by atoms with Crippen molar-refractivity contribution in [2.45, 2.75) is 45.1 Å². The Labute approximate surface area is 124 Å². The van der Waals surface area contributed by atoms with Gasteiger partial charge in [0.1, 0.15) is 0 Å². The second kappa shape index (κ2) is 7.41. The van der Waals surface area contributed by atoms with Crippen molar-refractivity contribution in [2.75, 3.05) is 46.8 Å². The first kappa shape index (κ1) is 15.8. The minimum Gasteiger partial charge on any atom is -0.343 e. The molecule has 0 spiro atoms. The molecule has 116 valence electrons. The average Bonchev–Trinajstić information content (AvgIpc) is 2.46. The van der Waals surface area contributed by atoms with E-state index in [1.54, 1.807) is 0 Å². The molecule has 1 heterocycles. The van der Waals surface area contributed by atoms with Crippen LogP contribution in [0.3, 0.4) is 0 Å². The molecule has 1 saturated heterocycles. The van der Waals surface area contributed by atoms with Crippen LogP contribution in [-0.4, -0.2) is 73.5 Å². The van der Waals surface area contributed by atoms with Crippen molar-refractivity contribution in [3.8, 4) is 0 Å². The monoisotopic (exact) mass is 281 g/mol. The Bertz CT molecular complexity index is 305. The van der Waals surface area contributed by atoms with Gasteiger partial charge in [0.15, 0.2) is 0 Å². The quantitative estimate of drug-likeness (QED) is 0.784. The summed E-state index contributed by atoms with van der Waals surface area (Å²) in [5.41, 5.74) is 0. The molecule has 4 heteroatoms. The summed E-state index contributed by atoms with van der Waals surface area (Å²) in [5.74, 6) is 1.18. The number of piperazine rings is 1. The van der Waals surface area contributed by atoms with Gasteiger partial charge in [-0.15, -0.1) is 0 Å². The lowest BCUT2D eigenvalue weighted by Gasteiger charge is -2.35. The number of rotatable bonds is 4. The van der Waals surface area contributed by atoms with Crippen LogP contribution in [0.4, 0.5) is 0 Å². The molecule has 0 aromatic rings. The fourth-order valence-corrected chi connectivity index (χ4v) is 3.34. The van der Waals surface area contributed by atoms with Crippen LogP contribution in [0.1, 0.15) is 39.0 Å². The molecule has 2 fully saturated rings. The van der Waals surface area contributed by atoms with Gasteiger partial charge in [-0.25, -0.2) is 0 Å². The molecule has 0 radical (unpaired) electrons. The van der Waals surface area contributed by atoms with E-state index in [-0.39, 0.29) is 0 Å². The maximum absolute atomic E-state index is 12.3. The first-order chi connectivity index (χ1) is 9.56. The van der Waals surface area contributed by atoms with Crippen molar-refractivity contribution in [3.05, 3.63) is 0 Å². The second-order valence-electron chi connectivity index (χ2n) is 6.81. The van der Waals surface area contributed by atoms with E-state index in [4.69, 9.17) is 0 Å². The number of hydrogen-bond acceptors (Lipinski definition) is 3. The molecule has 2 rings (SSSR count). The Kier molecular flexibility index (Phi) is 5.85. The van der Waals surface area contributed by atoms with Gasteiger partial charge in [-0.2, -0.15) is 0 Å². The van der Waals surface area contributed by atoms with Crippen LogP contribution >= 0.6 is 0 Å². The average molecular weight is 281 g/mol. The highest BCUT2D eigenvalue weighted by Crippen LogP contribution is 2.26. The highest BCUT2D eigenvalue weighted by atomic mass is 16.2. The van der Waals surface area contributed by atoms with E-state index in [2.05, 4.69) is 23.8 Å². The Hall–Kier alpha value is -0.610. The molecule has 1 amide bonds. The predicted octanol–water partition coefficient (Wildman–Crippen LogP) is 1.66. The van der Waals surface area contributed by atoms with Gasteiger partial charge in [0.25, 0.3) is 0 Å². The van der Waals surface area contributed by atoms with Crippen LogP contribution in [-0.2, 0) is 4.79 Å². The minimum absolute atomic E-state index is 0.337. The number of carbonyl (C=O) groups excluding carboxylic acids is 1. The lowest BCUT2D eigenvalue weighted by molar-refractivity contribution is -0.133. The lowest BCUT2D eigenvalue weighted by atomic mass is 9.86. The van der Waals surface area contributed by atoms with E-state index in [0.29, 0.717) is 18.4 Å². The molecular weight excluding hydrogens is 250 g/mol. The molecule has 0 bridgehead atoms. The number of carbonyl (C=O) groups is 1. The summed E-state index contributed by atoms with van der Waals surface area (Å²) in [6.45, 7) is 7.73. The summed E-state index contributed by atoms with van der Waals surface area (Å²) in [7, 11) is 4.17. The maximum Gasteiger partial charge on any atom is 0.223 e. The van der Waals surface area contributed by atoms with E-state index in [1.807, 2.05) is 11.9 Å². The Morgan fingerprint density at radius 3 is 2.30 bits per heavy atom. The summed E-state index contributed by atoms with van der Waals surface area (Å²) >= 11 is 0. The molecule has 4 nitrogen and oxygen atoms in total. The van der Waals surface area contributed by atoms with Crippen LogP contribution in [0.2, 0.25) is 0 Å². The van der Waals surface area contributed by atoms with Gasteiger partial charge in [0, 0.05) is 52.2 Å². The first-order valence-electron chi connectivity index (χ1n) is 8.23. The molecule has 2 aliphatic rings. The van der Waals surface area contributed by atoms with Crippen LogP contribution in [0.5, 0.6) is 0 Å². The third kappa shape index (κ3) is 4.45. The summed E-state index contributed by atoms with van der Waals surface area (Å²) in [5, 5.41) is 0. The van der Waals surface area contributed by atoms with Gasteiger partial charge < -0.3 is 14.7 Å². The fourth-order valence-electron chi connectivity index (χ4n) is 3.34. The lowest BCUT2D eigenvalue weighted by Crippen LogP contribution is -2.46. The third-order valence-corrected chi connectivity index (χ3v) is 5.16. The smallest absolute Gasteiger partial charge is 0.223 e. The maximum atomic E-state index is 12.3. The van der Waals surface area contributed by atoms with Gasteiger partial charge >= 0.3 is 0 Å². The zero-order chi connectivity index (χ0) is 14.5. The predicted molar refractivity (Wildman–Crippen MR) is 82.7 cm³/mol. The summed E-state index contributed by atoms with van der Waals surface area (Å²) in [6.07, 6.45) is 5.63. The fraction of sp³-hybridized carbons (Fsp3) is 0.938. The summed E-state index contributed by atoms with van der Waals surface area (Å²) < 4.78 is 0. The molecule has 0 atom stereocenters. The normalized spacial score (nSPS) is 29.4. The van der Waals surface area contributed by atoms with Crippen LogP contribution in [0.25, 0.3) is 0 Å². The number of amides is 1. The molecule has 0 unspecified atom stereocenters. The van der Waals surface area contributed by atoms with Crippen LogP contribution in [0.15, 0.2) is 0 Å². The van der Waals surface area contributed by atoms with Crippen LogP contribution in [0, 0.1) is 5.92 Å². The second-order valence-corrected chi connectivity index (χ2v) is 6.81. The number of nitrogens with zero attached hydrogens (tertiary/aromatic N) is 3. The molecule has 0 aromatic carbocycles. The number of likely N-dealkylation sites (N-methyl/N-ethyl adjacent to an activating group) is 1. The van der Waals surface area contributed by atoms with Crippen molar-refractivity contribution in [2.24, 2.45) is 5.92 Å². The summed E-state index contributed by atoms with van der Waals surface area (Å²) in [4.78, 5) is 19.1. The van der Waals surface area contributed by atoms with Crippen molar-refractivity contribution >= 4 is 5.91 Å². The van der Waals surface area contributed by atoms with E-state index in [9.17, 15) is 4.79 Å². The molecule has 20 heavy (non-hydrogen) atoms. The molecule has 0 N–H and O–H groups in total. The standard InChI is InChI=1S/C16H31N3O/c1-14-4-6-15(7-5-14)18(3)16(20)8-9-19-12-10-17(2)11-13-19/h14-15H,4-13H2,1-3H3. The highest BCUT2D eigenvalue weighted by Gasteiger charge is 2.25. The Morgan fingerprint density at radius 2 is 1.70 bits per heavy atom. The van der Waals surface area contributed by atoms with Gasteiger partial charge in [0.2, 0.25) is 5.91 Å². The van der Waals surface area contributed by atoms with E-state index >= 15 is 0 Å². The molecular formula is C16H31N3O. The zero-order valence-corrected chi connectivity index (χ0v) is 13.5. The van der Waals surface area contributed by atoms with E-state index < -0.39 is 0 Å². The van der Waals surface area contributed by atoms with Gasteiger partial charge in [-0.1, -0.05) is 6.92 Å². The molecule has 1 aliphatic heterocycles. The Morgan fingerprint density at radius 1 is 1.10 bits per heavy atom. The van der Waals surface area contributed by atoms with Crippen molar-refractivity contribution in [1.29, 1.82) is 0 Å². The van der Waals surface area contributed by atoms with Crippen molar-refractivity contribution in [1.82, 2.24) is 14.7 Å². The minimum atomic E-state index is 0.337. The molecule has 1 aliphatic carbocycles. The van der Waals surface area contributed by atoms with Gasteiger partial charge in [-0.05, 0) is 38.6 Å². The Balaban J connectivity index is 1.68. The SMILES string of the molecule is CC1CCC(N(C)C(=O)CCN2CCN(C)CC2)CC1. The zero-order valence-electron chi connectivity index (χ0n) is 13.5. The topological polar surface area (TPSA) is 26.8 Å². The first-order valence-corrected chi connectivity index (χ1v) is 8.23. The number of hydrogen-bond donors (Lipinski definition) is 0. The van der Waals surface area contributed by atoms with Gasteiger partial charge in [0.05, 0.1) is 0 Å². The molecule has 1 saturated carbocycles. The largest absolute Gasteiger partial charge is 0.343 e. The van der Waals surface area contributed by atoms with Crippen LogP contribution < -0.4 is 0 Å². The third-order valence-electron chi connectivity index (χ3n) is 5.16.